The summed E-state index contributed by atoms with van der Waals surface area (Å²) in [5.74, 6) is 0. The summed E-state index contributed by atoms with van der Waals surface area (Å²) in [6, 6.07) is 0. The first-order valence-corrected chi connectivity index (χ1v) is 5.21. The van der Waals surface area contributed by atoms with Crippen molar-refractivity contribution >= 4 is 0 Å². The lowest BCUT2D eigenvalue weighted by Crippen LogP contribution is -2.41. The topological polar surface area (TPSA) is 12.5 Å². The molecule has 2 saturated heterocycles. The van der Waals surface area contributed by atoms with E-state index >= 15 is 0 Å². The van der Waals surface area contributed by atoms with Crippen LogP contribution in [0.4, 0.5) is 4.39 Å². The van der Waals surface area contributed by atoms with Gasteiger partial charge in [0, 0.05) is 13.2 Å². The van der Waals surface area contributed by atoms with Gasteiger partial charge in [0.05, 0.1) is 6.61 Å². The van der Waals surface area contributed by atoms with E-state index in [9.17, 15) is 4.39 Å². The van der Waals surface area contributed by atoms with Crippen molar-refractivity contribution in [2.45, 2.75) is 19.3 Å². The van der Waals surface area contributed by atoms with Crippen LogP contribution >= 0.6 is 0 Å². The van der Waals surface area contributed by atoms with Crippen LogP contribution in [0, 0.1) is 5.41 Å². The minimum absolute atomic E-state index is 0.205. The quantitative estimate of drug-likeness (QED) is 0.649. The van der Waals surface area contributed by atoms with Crippen LogP contribution in [0.5, 0.6) is 0 Å². The van der Waals surface area contributed by atoms with Crippen LogP contribution in [0.15, 0.2) is 0 Å². The molecule has 1 spiro atoms. The number of ether oxygens (including phenoxy) is 1. The number of likely N-dealkylation sites (tertiary alicyclic amines) is 1. The van der Waals surface area contributed by atoms with Gasteiger partial charge in [-0.05, 0) is 37.8 Å². The van der Waals surface area contributed by atoms with E-state index in [1.807, 2.05) is 0 Å². The van der Waals surface area contributed by atoms with E-state index in [1.54, 1.807) is 0 Å². The summed E-state index contributed by atoms with van der Waals surface area (Å²) in [6.45, 7) is 4.42. The van der Waals surface area contributed by atoms with Gasteiger partial charge in [0.2, 0.25) is 0 Å². The Hall–Kier alpha value is -0.150. The Morgan fingerprint density at radius 2 is 2.00 bits per heavy atom. The number of rotatable bonds is 2. The summed E-state index contributed by atoms with van der Waals surface area (Å²) in [7, 11) is 0. The fraction of sp³-hybridized carbons (Fsp3) is 1.00. The van der Waals surface area contributed by atoms with Crippen molar-refractivity contribution in [3.8, 4) is 0 Å². The molecule has 0 aromatic rings. The van der Waals surface area contributed by atoms with Gasteiger partial charge in [-0.3, -0.25) is 0 Å². The van der Waals surface area contributed by atoms with Crippen molar-refractivity contribution in [1.82, 2.24) is 4.90 Å². The molecule has 0 saturated carbocycles. The summed E-state index contributed by atoms with van der Waals surface area (Å²) >= 11 is 0. The van der Waals surface area contributed by atoms with Crippen LogP contribution in [-0.4, -0.2) is 44.4 Å². The molecular weight excluding hydrogens is 169 g/mol. The first kappa shape index (κ1) is 9.41. The first-order chi connectivity index (χ1) is 6.35. The van der Waals surface area contributed by atoms with Crippen molar-refractivity contribution in [1.29, 1.82) is 0 Å². The molecule has 2 heterocycles. The van der Waals surface area contributed by atoms with Crippen molar-refractivity contribution in [3.05, 3.63) is 0 Å². The average molecular weight is 187 g/mol. The third kappa shape index (κ3) is 2.02. The molecule has 0 N–H and O–H groups in total. The Balaban J connectivity index is 1.81. The van der Waals surface area contributed by atoms with Crippen LogP contribution in [-0.2, 0) is 4.74 Å². The highest BCUT2D eigenvalue weighted by atomic mass is 19.1. The Kier molecular flexibility index (Phi) is 2.84. The zero-order chi connectivity index (χ0) is 9.15. The zero-order valence-electron chi connectivity index (χ0n) is 8.10. The third-order valence-corrected chi connectivity index (χ3v) is 3.50. The molecule has 0 aromatic carbocycles. The van der Waals surface area contributed by atoms with Crippen LogP contribution < -0.4 is 0 Å². The highest BCUT2D eigenvalue weighted by Gasteiger charge is 2.37. The van der Waals surface area contributed by atoms with E-state index < -0.39 is 0 Å². The fourth-order valence-electron chi connectivity index (χ4n) is 2.41. The largest absolute Gasteiger partial charge is 0.381 e. The van der Waals surface area contributed by atoms with E-state index in [4.69, 9.17) is 4.74 Å². The van der Waals surface area contributed by atoms with Gasteiger partial charge in [-0.25, -0.2) is 4.39 Å². The summed E-state index contributed by atoms with van der Waals surface area (Å²) in [5, 5.41) is 0. The molecule has 0 unspecified atom stereocenters. The van der Waals surface area contributed by atoms with Gasteiger partial charge >= 0.3 is 0 Å². The van der Waals surface area contributed by atoms with Crippen molar-refractivity contribution in [2.24, 2.45) is 5.41 Å². The highest BCUT2D eigenvalue weighted by Crippen LogP contribution is 2.38. The first-order valence-electron chi connectivity index (χ1n) is 5.21. The maximum atomic E-state index is 12.1. The SMILES string of the molecule is FCCN1CCC2(CCOC2)CC1. The Labute approximate surface area is 79.1 Å². The minimum Gasteiger partial charge on any atom is -0.381 e. The van der Waals surface area contributed by atoms with Crippen molar-refractivity contribution < 1.29 is 9.13 Å². The molecule has 0 aliphatic carbocycles. The van der Waals surface area contributed by atoms with Crippen molar-refractivity contribution in [2.75, 3.05) is 39.5 Å². The van der Waals surface area contributed by atoms with Crippen LogP contribution in [0.3, 0.4) is 0 Å². The number of nitrogens with zero attached hydrogens (tertiary/aromatic N) is 1. The molecule has 0 bridgehead atoms. The molecule has 0 amide bonds. The molecule has 0 radical (unpaired) electrons. The molecule has 0 atom stereocenters. The summed E-state index contributed by atoms with van der Waals surface area (Å²) in [6.07, 6.45) is 3.62. The van der Waals surface area contributed by atoms with Gasteiger partial charge < -0.3 is 9.64 Å². The monoisotopic (exact) mass is 187 g/mol. The van der Waals surface area contributed by atoms with Crippen LogP contribution in [0.2, 0.25) is 0 Å². The Morgan fingerprint density at radius 1 is 1.23 bits per heavy atom. The molecule has 3 heteroatoms. The van der Waals surface area contributed by atoms with Crippen LogP contribution in [0.1, 0.15) is 19.3 Å². The highest BCUT2D eigenvalue weighted by molar-refractivity contribution is 4.88. The van der Waals surface area contributed by atoms with Gasteiger partial charge in [-0.1, -0.05) is 0 Å². The zero-order valence-corrected chi connectivity index (χ0v) is 8.10. The second-order valence-electron chi connectivity index (χ2n) is 4.33. The van der Waals surface area contributed by atoms with E-state index in [2.05, 4.69) is 4.90 Å². The number of piperidine rings is 1. The average Bonchev–Trinajstić information content (AvgIpc) is 2.59. The fourth-order valence-corrected chi connectivity index (χ4v) is 2.41. The minimum atomic E-state index is -0.205. The number of hydrogen-bond acceptors (Lipinski definition) is 2. The maximum Gasteiger partial charge on any atom is 0.102 e. The van der Waals surface area contributed by atoms with Gasteiger partial charge in [-0.15, -0.1) is 0 Å². The van der Waals surface area contributed by atoms with E-state index in [0.717, 1.165) is 26.3 Å². The second kappa shape index (κ2) is 3.93. The lowest BCUT2D eigenvalue weighted by Gasteiger charge is -2.37. The smallest absolute Gasteiger partial charge is 0.102 e. The molecule has 2 fully saturated rings. The Bertz CT molecular complexity index is 158. The lowest BCUT2D eigenvalue weighted by atomic mass is 9.78. The normalized spacial score (nSPS) is 28.4. The summed E-state index contributed by atoms with van der Waals surface area (Å²) < 4.78 is 17.5. The van der Waals surface area contributed by atoms with E-state index in [-0.39, 0.29) is 6.67 Å². The molecule has 0 aromatic heterocycles. The van der Waals surface area contributed by atoms with E-state index in [1.165, 1.54) is 19.3 Å². The van der Waals surface area contributed by atoms with Gasteiger partial charge in [-0.2, -0.15) is 0 Å². The molecule has 2 aliphatic rings. The van der Waals surface area contributed by atoms with Crippen molar-refractivity contribution in [3.63, 3.8) is 0 Å². The molecule has 13 heavy (non-hydrogen) atoms. The molecule has 2 aliphatic heterocycles. The predicted molar refractivity (Wildman–Crippen MR) is 49.5 cm³/mol. The summed E-state index contributed by atoms with van der Waals surface area (Å²) in [5.41, 5.74) is 0.465. The lowest BCUT2D eigenvalue weighted by molar-refractivity contribution is 0.0778. The third-order valence-electron chi connectivity index (χ3n) is 3.50. The number of alkyl halides is 1. The number of hydrogen-bond donors (Lipinski definition) is 0. The molecule has 2 nitrogen and oxygen atoms in total. The van der Waals surface area contributed by atoms with Gasteiger partial charge in [0.25, 0.3) is 0 Å². The standard InChI is InChI=1S/C10H18FNO/c11-4-7-12-5-1-10(2-6-12)3-8-13-9-10/h1-9H2. The van der Waals surface area contributed by atoms with Gasteiger partial charge in [0.15, 0.2) is 0 Å². The summed E-state index contributed by atoms with van der Waals surface area (Å²) in [4.78, 5) is 2.23. The van der Waals surface area contributed by atoms with Gasteiger partial charge in [0.1, 0.15) is 6.67 Å². The molecule has 2 rings (SSSR count). The predicted octanol–water partition coefficient (Wildman–Crippen LogP) is 1.46. The maximum absolute atomic E-state index is 12.1. The second-order valence-corrected chi connectivity index (χ2v) is 4.33. The Morgan fingerprint density at radius 3 is 2.54 bits per heavy atom. The van der Waals surface area contributed by atoms with Crippen LogP contribution in [0.25, 0.3) is 0 Å². The van der Waals surface area contributed by atoms with E-state index in [0.29, 0.717) is 12.0 Å². The molecule has 76 valence electrons. The molecular formula is C10H18FNO. The number of halogens is 1.